The number of piperidine rings is 1. The molecule has 6 heteroatoms. The summed E-state index contributed by atoms with van der Waals surface area (Å²) in [5, 5.41) is 12.7. The van der Waals surface area contributed by atoms with Crippen molar-refractivity contribution in [2.24, 2.45) is 0 Å². The van der Waals surface area contributed by atoms with E-state index in [1.807, 2.05) is 0 Å². The van der Waals surface area contributed by atoms with Crippen molar-refractivity contribution in [1.29, 1.82) is 0 Å². The predicted molar refractivity (Wildman–Crippen MR) is 74.0 cm³/mol. The van der Waals surface area contributed by atoms with Gasteiger partial charge in [0.05, 0.1) is 6.54 Å². The maximum absolute atomic E-state index is 5.85. The Hall–Kier alpha value is -0.230. The number of aromatic nitrogens is 2. The molecule has 2 aliphatic rings. The molecule has 4 nitrogen and oxygen atoms in total. The lowest BCUT2D eigenvalue weighted by Crippen LogP contribution is -2.47. The second-order valence-electron chi connectivity index (χ2n) is 5.27. The lowest BCUT2D eigenvalue weighted by Gasteiger charge is -2.36. The van der Waals surface area contributed by atoms with Gasteiger partial charge in [-0.2, -0.15) is 0 Å². The van der Waals surface area contributed by atoms with Gasteiger partial charge in [-0.3, -0.25) is 4.90 Å². The topological polar surface area (TPSA) is 41.1 Å². The van der Waals surface area contributed by atoms with Gasteiger partial charge in [0.1, 0.15) is 5.01 Å². The molecule has 2 saturated heterocycles. The van der Waals surface area contributed by atoms with Crippen molar-refractivity contribution in [3.63, 3.8) is 0 Å². The van der Waals surface area contributed by atoms with Crippen LogP contribution in [0, 0.1) is 0 Å². The van der Waals surface area contributed by atoms with Crippen LogP contribution in [0.15, 0.2) is 0 Å². The fourth-order valence-electron chi connectivity index (χ4n) is 3.30. The molecule has 0 radical (unpaired) electrons. The second kappa shape index (κ2) is 5.41. The molecule has 2 aliphatic heterocycles. The summed E-state index contributed by atoms with van der Waals surface area (Å²) >= 11 is 7.34. The Bertz CT molecular complexity index is 399. The summed E-state index contributed by atoms with van der Waals surface area (Å²) in [6, 6.07) is 2.16. The standard InChI is InChI=1S/C12H19ClN4S/c1-2-17(7-11-15-16-12(13)18-11)10-5-8-3-4-9(6-10)14-8/h8-10,14H,2-7H2,1H3. The van der Waals surface area contributed by atoms with Crippen LogP contribution in [0.25, 0.3) is 0 Å². The Balaban J connectivity index is 1.65. The summed E-state index contributed by atoms with van der Waals surface area (Å²) in [5.41, 5.74) is 0. The molecule has 0 aromatic carbocycles. The molecule has 2 unspecified atom stereocenters. The molecule has 0 spiro atoms. The first kappa shape index (κ1) is 12.8. The molecule has 100 valence electrons. The van der Waals surface area contributed by atoms with Gasteiger partial charge in [-0.05, 0) is 43.8 Å². The van der Waals surface area contributed by atoms with Gasteiger partial charge in [0.15, 0.2) is 0 Å². The molecule has 0 amide bonds. The summed E-state index contributed by atoms with van der Waals surface area (Å²) in [4.78, 5) is 2.53. The number of hydrogen-bond donors (Lipinski definition) is 1. The maximum Gasteiger partial charge on any atom is 0.207 e. The highest BCUT2D eigenvalue weighted by molar-refractivity contribution is 7.15. The molecule has 1 aromatic rings. The SMILES string of the molecule is CCN(Cc1nnc(Cl)s1)C1CC2CCC(C1)N2. The van der Waals surface area contributed by atoms with Crippen LogP contribution < -0.4 is 5.32 Å². The first-order valence-corrected chi connectivity index (χ1v) is 7.92. The van der Waals surface area contributed by atoms with Crippen molar-refractivity contribution in [2.45, 2.75) is 57.3 Å². The van der Waals surface area contributed by atoms with E-state index in [-0.39, 0.29) is 0 Å². The molecule has 1 N–H and O–H groups in total. The lowest BCUT2D eigenvalue weighted by molar-refractivity contribution is 0.140. The monoisotopic (exact) mass is 286 g/mol. The number of hydrogen-bond acceptors (Lipinski definition) is 5. The first-order valence-electron chi connectivity index (χ1n) is 6.72. The van der Waals surface area contributed by atoms with E-state index >= 15 is 0 Å². The smallest absolute Gasteiger partial charge is 0.207 e. The largest absolute Gasteiger partial charge is 0.311 e. The van der Waals surface area contributed by atoms with Crippen molar-refractivity contribution in [3.8, 4) is 0 Å². The molecular formula is C12H19ClN4S. The summed E-state index contributed by atoms with van der Waals surface area (Å²) < 4.78 is 0.548. The highest BCUT2D eigenvalue weighted by atomic mass is 35.5. The summed E-state index contributed by atoms with van der Waals surface area (Å²) in [7, 11) is 0. The van der Waals surface area contributed by atoms with Crippen molar-refractivity contribution in [1.82, 2.24) is 20.4 Å². The number of nitrogens with zero attached hydrogens (tertiary/aromatic N) is 3. The minimum Gasteiger partial charge on any atom is -0.311 e. The first-order chi connectivity index (χ1) is 8.74. The van der Waals surface area contributed by atoms with E-state index in [1.165, 1.54) is 37.0 Å². The lowest BCUT2D eigenvalue weighted by atomic mass is 9.98. The van der Waals surface area contributed by atoms with Crippen molar-refractivity contribution < 1.29 is 0 Å². The number of nitrogens with one attached hydrogen (secondary N) is 1. The summed E-state index contributed by atoms with van der Waals surface area (Å²) in [6.45, 7) is 4.19. The number of fused-ring (bicyclic) bond motifs is 2. The Kier molecular flexibility index (Phi) is 3.84. The van der Waals surface area contributed by atoms with E-state index in [1.54, 1.807) is 0 Å². The van der Waals surface area contributed by atoms with E-state index in [2.05, 4.69) is 27.3 Å². The zero-order valence-corrected chi connectivity index (χ0v) is 12.2. The second-order valence-corrected chi connectivity index (χ2v) is 6.92. The zero-order valence-electron chi connectivity index (χ0n) is 10.6. The van der Waals surface area contributed by atoms with Crippen LogP contribution in [0.3, 0.4) is 0 Å². The van der Waals surface area contributed by atoms with Gasteiger partial charge in [0.25, 0.3) is 0 Å². The van der Waals surface area contributed by atoms with Crippen LogP contribution in [0.5, 0.6) is 0 Å². The zero-order chi connectivity index (χ0) is 12.5. The quantitative estimate of drug-likeness (QED) is 0.922. The van der Waals surface area contributed by atoms with Gasteiger partial charge in [-0.1, -0.05) is 18.3 Å². The van der Waals surface area contributed by atoms with Gasteiger partial charge < -0.3 is 5.32 Å². The molecule has 18 heavy (non-hydrogen) atoms. The van der Waals surface area contributed by atoms with Crippen molar-refractivity contribution in [3.05, 3.63) is 9.47 Å². The van der Waals surface area contributed by atoms with Crippen LogP contribution in [0.1, 0.15) is 37.6 Å². The van der Waals surface area contributed by atoms with E-state index in [4.69, 9.17) is 11.6 Å². The number of halogens is 1. The predicted octanol–water partition coefficient (Wildman–Crippen LogP) is 2.30. The summed E-state index contributed by atoms with van der Waals surface area (Å²) in [6.07, 6.45) is 5.25. The molecule has 2 fully saturated rings. The van der Waals surface area contributed by atoms with E-state index in [0.29, 0.717) is 10.5 Å². The molecule has 3 heterocycles. The maximum atomic E-state index is 5.85. The average molecular weight is 287 g/mol. The van der Waals surface area contributed by atoms with Gasteiger partial charge in [-0.15, -0.1) is 10.2 Å². The highest BCUT2D eigenvalue weighted by Crippen LogP contribution is 2.30. The van der Waals surface area contributed by atoms with E-state index in [9.17, 15) is 0 Å². The van der Waals surface area contributed by atoms with Gasteiger partial charge in [0, 0.05) is 18.1 Å². The van der Waals surface area contributed by atoms with Crippen LogP contribution in [0.4, 0.5) is 0 Å². The van der Waals surface area contributed by atoms with Gasteiger partial charge in [-0.25, -0.2) is 0 Å². The molecule has 3 rings (SSSR count). The molecular weight excluding hydrogens is 268 g/mol. The minimum absolute atomic E-state index is 0.548. The third-order valence-electron chi connectivity index (χ3n) is 4.15. The molecule has 2 atom stereocenters. The van der Waals surface area contributed by atoms with Gasteiger partial charge in [0.2, 0.25) is 4.47 Å². The third-order valence-corrected chi connectivity index (χ3v) is 5.15. The van der Waals surface area contributed by atoms with E-state index < -0.39 is 0 Å². The molecule has 0 aliphatic carbocycles. The van der Waals surface area contributed by atoms with Crippen LogP contribution in [-0.2, 0) is 6.54 Å². The normalized spacial score (nSPS) is 31.2. The average Bonchev–Trinajstić information content (AvgIpc) is 2.92. The third kappa shape index (κ3) is 2.69. The Morgan fingerprint density at radius 3 is 2.61 bits per heavy atom. The summed E-state index contributed by atoms with van der Waals surface area (Å²) in [5.74, 6) is 0. The Labute approximate surface area is 117 Å². The highest BCUT2D eigenvalue weighted by Gasteiger charge is 2.35. The van der Waals surface area contributed by atoms with Crippen molar-refractivity contribution >= 4 is 22.9 Å². The fourth-order valence-corrected chi connectivity index (χ4v) is 4.19. The molecule has 1 aromatic heterocycles. The number of rotatable bonds is 4. The molecule has 0 saturated carbocycles. The Morgan fingerprint density at radius 2 is 2.06 bits per heavy atom. The molecule has 2 bridgehead atoms. The Morgan fingerprint density at radius 1 is 1.33 bits per heavy atom. The fraction of sp³-hybridized carbons (Fsp3) is 0.833. The van der Waals surface area contributed by atoms with Crippen LogP contribution in [-0.4, -0.2) is 39.8 Å². The van der Waals surface area contributed by atoms with Crippen LogP contribution in [0.2, 0.25) is 4.47 Å². The van der Waals surface area contributed by atoms with Gasteiger partial charge >= 0.3 is 0 Å². The van der Waals surface area contributed by atoms with Crippen LogP contribution >= 0.6 is 22.9 Å². The minimum atomic E-state index is 0.548. The van der Waals surface area contributed by atoms with Crippen molar-refractivity contribution in [2.75, 3.05) is 6.54 Å². The van der Waals surface area contributed by atoms with E-state index in [0.717, 1.165) is 30.2 Å².